The number of hydrogen-bond acceptors (Lipinski definition) is 2. The smallest absolute Gasteiger partial charge is 0.117 e. The fourth-order valence-corrected chi connectivity index (χ4v) is 1.38. The summed E-state index contributed by atoms with van der Waals surface area (Å²) in [5.74, 6) is 0.269. The summed E-state index contributed by atoms with van der Waals surface area (Å²) in [5.41, 5.74) is 7.63. The van der Waals surface area contributed by atoms with Crippen LogP contribution in [0.15, 0.2) is 24.3 Å². The topological polar surface area (TPSA) is 62.0 Å². The van der Waals surface area contributed by atoms with Gasteiger partial charge in [-0.05, 0) is 30.5 Å². The summed E-state index contributed by atoms with van der Waals surface area (Å²) in [6, 6.07) is 7.23. The van der Waals surface area contributed by atoms with E-state index in [9.17, 15) is 5.11 Å². The lowest BCUT2D eigenvalue weighted by atomic mass is 10.2. The molecule has 4 N–H and O–H groups in total. The van der Waals surface area contributed by atoms with Crippen LogP contribution in [0.25, 0.3) is 10.9 Å². The van der Waals surface area contributed by atoms with Gasteiger partial charge in [-0.1, -0.05) is 0 Å². The fraction of sp³-hybridized carbons (Fsp3) is 0.200. The first-order valence-corrected chi connectivity index (χ1v) is 4.24. The molecular weight excluding hydrogens is 164 g/mol. The predicted molar refractivity (Wildman–Crippen MR) is 52.6 cm³/mol. The normalized spacial score (nSPS) is 13.4. The van der Waals surface area contributed by atoms with Gasteiger partial charge in [0.15, 0.2) is 0 Å². The minimum Gasteiger partial charge on any atom is -0.508 e. The Hall–Kier alpha value is -1.48. The molecule has 1 aromatic heterocycles. The van der Waals surface area contributed by atoms with Gasteiger partial charge in [-0.15, -0.1) is 0 Å². The summed E-state index contributed by atoms with van der Waals surface area (Å²) in [6.07, 6.45) is 0. The van der Waals surface area contributed by atoms with Crippen molar-refractivity contribution in [3.05, 3.63) is 30.0 Å². The number of aromatic hydroxyl groups is 1. The number of H-pyrrole nitrogens is 1. The van der Waals surface area contributed by atoms with Gasteiger partial charge in [0, 0.05) is 23.3 Å². The van der Waals surface area contributed by atoms with Crippen LogP contribution in [0, 0.1) is 0 Å². The van der Waals surface area contributed by atoms with Crippen molar-refractivity contribution in [1.82, 2.24) is 4.98 Å². The van der Waals surface area contributed by atoms with E-state index < -0.39 is 0 Å². The van der Waals surface area contributed by atoms with Crippen LogP contribution < -0.4 is 5.73 Å². The van der Waals surface area contributed by atoms with Crippen LogP contribution in [0.5, 0.6) is 5.75 Å². The average molecular weight is 176 g/mol. The molecule has 0 fully saturated rings. The third-order valence-electron chi connectivity index (χ3n) is 2.12. The molecule has 0 amide bonds. The van der Waals surface area contributed by atoms with Crippen molar-refractivity contribution in [3.63, 3.8) is 0 Å². The van der Waals surface area contributed by atoms with E-state index in [-0.39, 0.29) is 11.8 Å². The second kappa shape index (κ2) is 2.78. The highest BCUT2D eigenvalue weighted by Crippen LogP contribution is 2.22. The van der Waals surface area contributed by atoms with Crippen LogP contribution in [-0.4, -0.2) is 10.1 Å². The van der Waals surface area contributed by atoms with E-state index in [0.717, 1.165) is 16.6 Å². The first-order chi connectivity index (χ1) is 6.16. The SMILES string of the molecule is CC(N)c1cc2ccc(O)cc2[nH]1. The van der Waals surface area contributed by atoms with Gasteiger partial charge in [0.2, 0.25) is 0 Å². The highest BCUT2D eigenvalue weighted by molar-refractivity contribution is 5.81. The minimum atomic E-state index is -0.00505. The number of nitrogens with one attached hydrogen (secondary N) is 1. The molecule has 0 aliphatic rings. The molecule has 0 saturated heterocycles. The predicted octanol–water partition coefficient (Wildman–Crippen LogP) is 1.89. The first-order valence-electron chi connectivity index (χ1n) is 4.24. The summed E-state index contributed by atoms with van der Waals surface area (Å²) in [7, 11) is 0. The van der Waals surface area contributed by atoms with Crippen molar-refractivity contribution in [2.24, 2.45) is 5.73 Å². The maximum Gasteiger partial charge on any atom is 0.117 e. The molecule has 0 bridgehead atoms. The molecular formula is C10H12N2O. The molecule has 0 aliphatic heterocycles. The molecule has 0 aliphatic carbocycles. The number of fused-ring (bicyclic) bond motifs is 1. The van der Waals surface area contributed by atoms with Crippen LogP contribution in [0.3, 0.4) is 0 Å². The van der Waals surface area contributed by atoms with Crippen molar-refractivity contribution in [3.8, 4) is 5.75 Å². The summed E-state index contributed by atoms with van der Waals surface area (Å²) in [4.78, 5) is 3.15. The Morgan fingerprint density at radius 3 is 2.85 bits per heavy atom. The number of phenols is 1. The number of aromatic nitrogens is 1. The third kappa shape index (κ3) is 1.38. The van der Waals surface area contributed by atoms with Crippen LogP contribution in [0.4, 0.5) is 0 Å². The van der Waals surface area contributed by atoms with Crippen LogP contribution in [-0.2, 0) is 0 Å². The fourth-order valence-electron chi connectivity index (χ4n) is 1.38. The molecule has 3 nitrogen and oxygen atoms in total. The highest BCUT2D eigenvalue weighted by Gasteiger charge is 2.04. The number of phenolic OH excluding ortho intramolecular Hbond substituents is 1. The van der Waals surface area contributed by atoms with E-state index in [2.05, 4.69) is 4.98 Å². The van der Waals surface area contributed by atoms with Crippen molar-refractivity contribution in [2.75, 3.05) is 0 Å². The second-order valence-corrected chi connectivity index (χ2v) is 3.28. The summed E-state index contributed by atoms with van der Waals surface area (Å²) in [6.45, 7) is 1.92. The molecule has 1 aromatic carbocycles. The molecule has 13 heavy (non-hydrogen) atoms. The molecule has 2 aromatic rings. The Bertz CT molecular complexity index is 431. The Balaban J connectivity index is 2.62. The maximum absolute atomic E-state index is 9.23. The van der Waals surface area contributed by atoms with E-state index in [1.165, 1.54) is 0 Å². The van der Waals surface area contributed by atoms with E-state index >= 15 is 0 Å². The van der Waals surface area contributed by atoms with Crippen LogP contribution >= 0.6 is 0 Å². The van der Waals surface area contributed by atoms with Crippen molar-refractivity contribution >= 4 is 10.9 Å². The zero-order valence-corrected chi connectivity index (χ0v) is 7.41. The van der Waals surface area contributed by atoms with Gasteiger partial charge in [-0.3, -0.25) is 0 Å². The van der Waals surface area contributed by atoms with Gasteiger partial charge < -0.3 is 15.8 Å². The highest BCUT2D eigenvalue weighted by atomic mass is 16.3. The van der Waals surface area contributed by atoms with Crippen LogP contribution in [0.2, 0.25) is 0 Å². The molecule has 3 heteroatoms. The monoisotopic (exact) mass is 176 g/mol. The molecule has 1 atom stereocenters. The lowest BCUT2D eigenvalue weighted by Gasteiger charge is -1.98. The lowest BCUT2D eigenvalue weighted by Crippen LogP contribution is -2.04. The first kappa shape index (κ1) is 8.13. The second-order valence-electron chi connectivity index (χ2n) is 3.28. The lowest BCUT2D eigenvalue weighted by molar-refractivity contribution is 0.476. The van der Waals surface area contributed by atoms with Crippen molar-refractivity contribution in [2.45, 2.75) is 13.0 Å². The molecule has 0 radical (unpaired) electrons. The minimum absolute atomic E-state index is 0.00505. The third-order valence-corrected chi connectivity index (χ3v) is 2.12. The molecule has 2 rings (SSSR count). The quantitative estimate of drug-likeness (QED) is 0.621. The Kier molecular flexibility index (Phi) is 1.74. The molecule has 0 saturated carbocycles. The van der Waals surface area contributed by atoms with E-state index in [0.29, 0.717) is 0 Å². The summed E-state index contributed by atoms with van der Waals surface area (Å²) >= 11 is 0. The number of rotatable bonds is 1. The maximum atomic E-state index is 9.23. The van der Waals surface area contributed by atoms with Gasteiger partial charge in [-0.25, -0.2) is 0 Å². The van der Waals surface area contributed by atoms with Crippen molar-refractivity contribution in [1.29, 1.82) is 0 Å². The van der Waals surface area contributed by atoms with Gasteiger partial charge >= 0.3 is 0 Å². The summed E-state index contributed by atoms with van der Waals surface area (Å²) < 4.78 is 0. The van der Waals surface area contributed by atoms with E-state index in [1.807, 2.05) is 19.1 Å². The average Bonchev–Trinajstić information content (AvgIpc) is 2.46. The molecule has 0 spiro atoms. The van der Waals surface area contributed by atoms with Gasteiger partial charge in [0.25, 0.3) is 0 Å². The zero-order valence-electron chi connectivity index (χ0n) is 7.41. The Morgan fingerprint density at radius 2 is 2.15 bits per heavy atom. The number of aromatic amines is 1. The van der Waals surface area contributed by atoms with E-state index in [4.69, 9.17) is 5.73 Å². The molecule has 1 heterocycles. The largest absolute Gasteiger partial charge is 0.508 e. The van der Waals surface area contributed by atoms with Gasteiger partial charge in [0.1, 0.15) is 5.75 Å². The number of benzene rings is 1. The van der Waals surface area contributed by atoms with Crippen molar-refractivity contribution < 1.29 is 5.11 Å². The Morgan fingerprint density at radius 1 is 1.38 bits per heavy atom. The zero-order chi connectivity index (χ0) is 9.42. The number of hydrogen-bond donors (Lipinski definition) is 3. The standard InChI is InChI=1S/C10H12N2O/c1-6(11)9-4-7-2-3-8(13)5-10(7)12-9/h2-6,12-13H,11H2,1H3. The molecule has 1 unspecified atom stereocenters. The van der Waals surface area contributed by atoms with Gasteiger partial charge in [0.05, 0.1) is 0 Å². The molecule has 68 valence electrons. The Labute approximate surface area is 76.2 Å². The van der Waals surface area contributed by atoms with Gasteiger partial charge in [-0.2, -0.15) is 0 Å². The summed E-state index contributed by atoms with van der Waals surface area (Å²) in [5, 5.41) is 10.3. The number of nitrogens with two attached hydrogens (primary N) is 1. The van der Waals surface area contributed by atoms with E-state index in [1.54, 1.807) is 12.1 Å². The van der Waals surface area contributed by atoms with Crippen LogP contribution in [0.1, 0.15) is 18.7 Å².